The molecule has 16 heavy (non-hydrogen) atoms. The van der Waals surface area contributed by atoms with Gasteiger partial charge in [-0.25, -0.2) is 0 Å². The molecule has 0 aliphatic heterocycles. The van der Waals surface area contributed by atoms with Crippen molar-refractivity contribution in [2.75, 3.05) is 13.7 Å². The highest BCUT2D eigenvalue weighted by Crippen LogP contribution is 2.26. The average Bonchev–Trinajstić information content (AvgIpc) is 2.49. The van der Waals surface area contributed by atoms with Gasteiger partial charge in [-0.05, 0) is 34.5 Å². The number of hydrogen-bond donors (Lipinski definition) is 1. The van der Waals surface area contributed by atoms with Gasteiger partial charge < -0.3 is 5.11 Å². The van der Waals surface area contributed by atoms with E-state index in [9.17, 15) is 5.11 Å². The molecule has 4 heteroatoms. The maximum absolute atomic E-state index is 9.47. The molecule has 1 N–H and O–H groups in total. The summed E-state index contributed by atoms with van der Waals surface area (Å²) in [7, 11) is 2.07. The third-order valence-electron chi connectivity index (χ3n) is 2.73. The van der Waals surface area contributed by atoms with Gasteiger partial charge in [0.15, 0.2) is 0 Å². The first-order valence-electron chi connectivity index (χ1n) is 5.38. The van der Waals surface area contributed by atoms with Crippen molar-refractivity contribution in [3.63, 3.8) is 0 Å². The maximum Gasteiger partial charge on any atom is 0.0591 e. The minimum Gasteiger partial charge on any atom is -0.395 e. The second-order valence-electron chi connectivity index (χ2n) is 5.21. The van der Waals surface area contributed by atoms with Crippen LogP contribution in [0.3, 0.4) is 0 Å². The summed E-state index contributed by atoms with van der Waals surface area (Å²) < 4.78 is 1.14. The molecule has 0 saturated carbocycles. The zero-order valence-electron chi connectivity index (χ0n) is 10.3. The summed E-state index contributed by atoms with van der Waals surface area (Å²) in [6.45, 7) is 7.57. The van der Waals surface area contributed by atoms with E-state index in [2.05, 4.69) is 60.1 Å². The minimum atomic E-state index is 0.0952. The molecule has 0 amide bonds. The second kappa shape index (κ2) is 5.63. The predicted molar refractivity (Wildman–Crippen MR) is 73.8 cm³/mol. The van der Waals surface area contributed by atoms with E-state index in [1.807, 2.05) is 0 Å². The lowest BCUT2D eigenvalue weighted by Crippen LogP contribution is -2.43. The SMILES string of the molecule is CN(Cc1cc(Br)cs1)C(CO)C(C)(C)C. The lowest BCUT2D eigenvalue weighted by atomic mass is 9.86. The topological polar surface area (TPSA) is 23.5 Å². The Morgan fingerprint density at radius 1 is 1.50 bits per heavy atom. The summed E-state index contributed by atoms with van der Waals surface area (Å²) in [5.41, 5.74) is 0.0952. The van der Waals surface area contributed by atoms with E-state index in [4.69, 9.17) is 0 Å². The van der Waals surface area contributed by atoms with E-state index >= 15 is 0 Å². The summed E-state index contributed by atoms with van der Waals surface area (Å²) in [5, 5.41) is 11.6. The first-order chi connectivity index (χ1) is 7.34. The van der Waals surface area contributed by atoms with Crippen LogP contribution in [0.15, 0.2) is 15.9 Å². The monoisotopic (exact) mass is 305 g/mol. The highest BCUT2D eigenvalue weighted by atomic mass is 79.9. The highest BCUT2D eigenvalue weighted by Gasteiger charge is 2.27. The lowest BCUT2D eigenvalue weighted by molar-refractivity contribution is 0.0620. The Kier molecular flexibility index (Phi) is 4.98. The number of aliphatic hydroxyl groups is 1. The van der Waals surface area contributed by atoms with Crippen LogP contribution in [0.4, 0.5) is 0 Å². The van der Waals surface area contributed by atoms with Gasteiger partial charge in [-0.3, -0.25) is 4.90 Å². The van der Waals surface area contributed by atoms with Gasteiger partial charge in [-0.1, -0.05) is 20.8 Å². The van der Waals surface area contributed by atoms with Crippen molar-refractivity contribution in [2.24, 2.45) is 5.41 Å². The molecule has 0 aliphatic rings. The van der Waals surface area contributed by atoms with Crippen molar-refractivity contribution in [2.45, 2.75) is 33.4 Å². The van der Waals surface area contributed by atoms with Crippen LogP contribution in [-0.4, -0.2) is 29.7 Å². The van der Waals surface area contributed by atoms with Gasteiger partial charge in [0, 0.05) is 27.3 Å². The lowest BCUT2D eigenvalue weighted by Gasteiger charge is -2.36. The highest BCUT2D eigenvalue weighted by molar-refractivity contribution is 9.10. The van der Waals surface area contributed by atoms with Gasteiger partial charge in [-0.2, -0.15) is 0 Å². The molecule has 0 bridgehead atoms. The summed E-state index contributed by atoms with van der Waals surface area (Å²) in [6.07, 6.45) is 0. The molecule has 2 nitrogen and oxygen atoms in total. The maximum atomic E-state index is 9.47. The Hall–Kier alpha value is 0.1000. The van der Waals surface area contributed by atoms with E-state index in [-0.39, 0.29) is 18.1 Å². The van der Waals surface area contributed by atoms with Gasteiger partial charge in [0.1, 0.15) is 0 Å². The number of nitrogens with zero attached hydrogens (tertiary/aromatic N) is 1. The van der Waals surface area contributed by atoms with Crippen LogP contribution >= 0.6 is 27.3 Å². The van der Waals surface area contributed by atoms with Crippen LogP contribution in [0.25, 0.3) is 0 Å². The number of aliphatic hydroxyl groups excluding tert-OH is 1. The Balaban J connectivity index is 2.66. The van der Waals surface area contributed by atoms with E-state index in [1.165, 1.54) is 4.88 Å². The summed E-state index contributed by atoms with van der Waals surface area (Å²) >= 11 is 5.20. The molecule has 1 rings (SSSR count). The number of hydrogen-bond acceptors (Lipinski definition) is 3. The van der Waals surface area contributed by atoms with Crippen molar-refractivity contribution < 1.29 is 5.11 Å². The van der Waals surface area contributed by atoms with Crippen molar-refractivity contribution >= 4 is 27.3 Å². The zero-order chi connectivity index (χ0) is 12.3. The molecule has 0 aromatic carbocycles. The quantitative estimate of drug-likeness (QED) is 0.922. The van der Waals surface area contributed by atoms with Crippen molar-refractivity contribution in [1.29, 1.82) is 0 Å². The third kappa shape index (κ3) is 3.84. The van der Waals surface area contributed by atoms with Crippen molar-refractivity contribution in [1.82, 2.24) is 4.90 Å². The molecule has 0 radical (unpaired) electrons. The second-order valence-corrected chi connectivity index (χ2v) is 7.12. The molecule has 0 saturated heterocycles. The van der Waals surface area contributed by atoms with Crippen LogP contribution in [0.5, 0.6) is 0 Å². The van der Waals surface area contributed by atoms with Crippen LogP contribution < -0.4 is 0 Å². The fraction of sp³-hybridized carbons (Fsp3) is 0.667. The number of rotatable bonds is 4. The predicted octanol–water partition coefficient (Wildman–Crippen LogP) is 3.35. The third-order valence-corrected chi connectivity index (χ3v) is 4.41. The molecule has 1 atom stereocenters. The molecule has 0 aliphatic carbocycles. The molecular formula is C12H20BrNOS. The Labute approximate surface area is 110 Å². The van der Waals surface area contributed by atoms with E-state index in [0.717, 1.165) is 11.0 Å². The number of likely N-dealkylation sites (N-methyl/N-ethyl adjacent to an activating group) is 1. The Bertz CT molecular complexity index is 332. The molecule has 1 heterocycles. The van der Waals surface area contributed by atoms with E-state index < -0.39 is 0 Å². The Morgan fingerprint density at radius 3 is 2.50 bits per heavy atom. The minimum absolute atomic E-state index is 0.0952. The van der Waals surface area contributed by atoms with Crippen LogP contribution in [0.1, 0.15) is 25.6 Å². The first kappa shape index (κ1) is 14.2. The smallest absolute Gasteiger partial charge is 0.0591 e. The van der Waals surface area contributed by atoms with Crippen LogP contribution in [-0.2, 0) is 6.54 Å². The largest absolute Gasteiger partial charge is 0.395 e. The van der Waals surface area contributed by atoms with E-state index in [1.54, 1.807) is 11.3 Å². The fourth-order valence-electron chi connectivity index (χ4n) is 1.87. The normalized spacial score (nSPS) is 14.4. The molecule has 1 aromatic rings. The van der Waals surface area contributed by atoms with Crippen LogP contribution in [0, 0.1) is 5.41 Å². The number of halogens is 1. The molecule has 1 aromatic heterocycles. The standard InChI is InChI=1S/C12H20BrNOS/c1-12(2,3)11(7-15)14(4)6-10-5-9(13)8-16-10/h5,8,11,15H,6-7H2,1-4H3. The summed E-state index contributed by atoms with van der Waals surface area (Å²) in [4.78, 5) is 3.54. The van der Waals surface area contributed by atoms with Gasteiger partial charge in [0.2, 0.25) is 0 Å². The van der Waals surface area contributed by atoms with E-state index in [0.29, 0.717) is 0 Å². The zero-order valence-corrected chi connectivity index (χ0v) is 12.7. The molecule has 92 valence electrons. The van der Waals surface area contributed by atoms with Crippen molar-refractivity contribution in [3.05, 3.63) is 20.8 Å². The van der Waals surface area contributed by atoms with Gasteiger partial charge in [-0.15, -0.1) is 11.3 Å². The van der Waals surface area contributed by atoms with Gasteiger partial charge in [0.05, 0.1) is 6.61 Å². The van der Waals surface area contributed by atoms with Crippen molar-refractivity contribution in [3.8, 4) is 0 Å². The van der Waals surface area contributed by atoms with Gasteiger partial charge >= 0.3 is 0 Å². The fourth-order valence-corrected chi connectivity index (χ4v) is 3.38. The number of thiophene rings is 1. The van der Waals surface area contributed by atoms with Crippen LogP contribution in [0.2, 0.25) is 0 Å². The Morgan fingerprint density at radius 2 is 2.12 bits per heavy atom. The molecule has 0 spiro atoms. The molecule has 0 fully saturated rings. The van der Waals surface area contributed by atoms with Gasteiger partial charge in [0.25, 0.3) is 0 Å². The molecule has 1 unspecified atom stereocenters. The average molecular weight is 306 g/mol. The molecular weight excluding hydrogens is 286 g/mol. The summed E-state index contributed by atoms with van der Waals surface area (Å²) in [5.74, 6) is 0. The summed E-state index contributed by atoms with van der Waals surface area (Å²) in [6, 6.07) is 2.33. The first-order valence-corrected chi connectivity index (χ1v) is 7.06.